The SMILES string of the molecule is O=S1(=O)c2ccccc2C(O)C(Cc2ccc(Cl)cc2)N1Cc1cccnc1. The van der Waals surface area contributed by atoms with Crippen molar-refractivity contribution in [2.45, 2.75) is 30.0 Å². The summed E-state index contributed by atoms with van der Waals surface area (Å²) in [6, 6.07) is 16.8. The van der Waals surface area contributed by atoms with Gasteiger partial charge in [0, 0.05) is 29.5 Å². The van der Waals surface area contributed by atoms with Gasteiger partial charge in [0.2, 0.25) is 10.0 Å². The van der Waals surface area contributed by atoms with Gasteiger partial charge in [-0.05, 0) is 41.8 Å². The lowest BCUT2D eigenvalue weighted by Gasteiger charge is -2.39. The van der Waals surface area contributed by atoms with Crippen LogP contribution in [-0.2, 0) is 23.0 Å². The van der Waals surface area contributed by atoms with Crippen LogP contribution in [0.5, 0.6) is 0 Å². The maximum Gasteiger partial charge on any atom is 0.244 e. The lowest BCUT2D eigenvalue weighted by atomic mass is 9.95. The van der Waals surface area contributed by atoms with Gasteiger partial charge in [0.25, 0.3) is 0 Å². The standard InChI is InChI=1S/C21H19ClN2O3S/c22-17-9-7-15(8-10-17)12-19-21(25)18-5-1-2-6-20(18)28(26,27)24(19)14-16-4-3-11-23-13-16/h1-11,13,19,21,25H,12,14H2. The second-order valence-corrected chi connectivity index (χ2v) is 9.09. The molecule has 2 aromatic carbocycles. The third kappa shape index (κ3) is 3.56. The first kappa shape index (κ1) is 19.1. The summed E-state index contributed by atoms with van der Waals surface area (Å²) in [5.41, 5.74) is 2.10. The van der Waals surface area contributed by atoms with E-state index < -0.39 is 22.2 Å². The van der Waals surface area contributed by atoms with Gasteiger partial charge in [0.1, 0.15) is 0 Å². The normalized spacial score (nSPS) is 21.2. The molecule has 0 spiro atoms. The lowest BCUT2D eigenvalue weighted by Crippen LogP contribution is -2.48. The summed E-state index contributed by atoms with van der Waals surface area (Å²) in [5.74, 6) is 0. The Labute approximate surface area is 169 Å². The van der Waals surface area contributed by atoms with Gasteiger partial charge < -0.3 is 5.11 Å². The van der Waals surface area contributed by atoms with Crippen LogP contribution < -0.4 is 0 Å². The summed E-state index contributed by atoms with van der Waals surface area (Å²) in [7, 11) is -3.77. The molecule has 5 nitrogen and oxygen atoms in total. The van der Waals surface area contributed by atoms with Crippen LogP contribution in [0.2, 0.25) is 5.02 Å². The third-order valence-electron chi connectivity index (χ3n) is 4.98. The molecule has 0 fully saturated rings. The van der Waals surface area contributed by atoms with E-state index in [0.29, 0.717) is 17.0 Å². The molecule has 0 saturated heterocycles. The first-order valence-electron chi connectivity index (χ1n) is 8.89. The molecule has 1 aliphatic rings. The van der Waals surface area contributed by atoms with Crippen molar-refractivity contribution in [3.63, 3.8) is 0 Å². The highest BCUT2D eigenvalue weighted by atomic mass is 35.5. The summed E-state index contributed by atoms with van der Waals surface area (Å²) in [6.45, 7) is 0.139. The van der Waals surface area contributed by atoms with Crippen LogP contribution in [0.1, 0.15) is 22.8 Å². The number of hydrogen-bond donors (Lipinski definition) is 1. The minimum Gasteiger partial charge on any atom is -0.387 e. The Morgan fingerprint density at radius 3 is 2.46 bits per heavy atom. The Bertz CT molecular complexity index is 1070. The van der Waals surface area contributed by atoms with Gasteiger partial charge in [0.15, 0.2) is 0 Å². The van der Waals surface area contributed by atoms with Crippen molar-refractivity contribution in [2.24, 2.45) is 0 Å². The van der Waals surface area contributed by atoms with Crippen molar-refractivity contribution in [1.29, 1.82) is 0 Å². The predicted octanol–water partition coefficient (Wildman–Crippen LogP) is 3.58. The average Bonchev–Trinajstić information content (AvgIpc) is 2.71. The van der Waals surface area contributed by atoms with Crippen molar-refractivity contribution >= 4 is 21.6 Å². The van der Waals surface area contributed by atoms with Crippen LogP contribution in [0.3, 0.4) is 0 Å². The maximum atomic E-state index is 13.4. The molecule has 0 bridgehead atoms. The summed E-state index contributed by atoms with van der Waals surface area (Å²) in [6.07, 6.45) is 2.71. The number of aromatic nitrogens is 1. The van der Waals surface area contributed by atoms with Gasteiger partial charge in [-0.25, -0.2) is 8.42 Å². The molecule has 0 radical (unpaired) electrons. The Hall–Kier alpha value is -2.25. The summed E-state index contributed by atoms with van der Waals surface area (Å²) in [4.78, 5) is 4.23. The van der Waals surface area contributed by atoms with E-state index in [9.17, 15) is 13.5 Å². The van der Waals surface area contributed by atoms with Crippen LogP contribution in [0.4, 0.5) is 0 Å². The molecule has 2 heterocycles. The summed E-state index contributed by atoms with van der Waals surface area (Å²) >= 11 is 5.97. The minimum absolute atomic E-state index is 0.139. The van der Waals surface area contributed by atoms with E-state index in [4.69, 9.17) is 11.6 Å². The molecule has 28 heavy (non-hydrogen) atoms. The number of pyridine rings is 1. The van der Waals surface area contributed by atoms with Crippen molar-refractivity contribution in [3.05, 3.63) is 94.8 Å². The first-order chi connectivity index (χ1) is 13.5. The number of aliphatic hydroxyl groups excluding tert-OH is 1. The first-order valence-corrected chi connectivity index (χ1v) is 10.7. The largest absolute Gasteiger partial charge is 0.387 e. The van der Waals surface area contributed by atoms with Crippen molar-refractivity contribution < 1.29 is 13.5 Å². The number of fused-ring (bicyclic) bond motifs is 1. The Balaban J connectivity index is 1.78. The Morgan fingerprint density at radius 2 is 1.75 bits per heavy atom. The van der Waals surface area contributed by atoms with Gasteiger partial charge in [-0.1, -0.05) is 48.0 Å². The topological polar surface area (TPSA) is 70.5 Å². The molecule has 2 atom stereocenters. The minimum atomic E-state index is -3.77. The zero-order chi connectivity index (χ0) is 19.7. The zero-order valence-electron chi connectivity index (χ0n) is 14.9. The smallest absolute Gasteiger partial charge is 0.244 e. The number of halogens is 1. The average molecular weight is 415 g/mol. The molecule has 7 heteroatoms. The van der Waals surface area contributed by atoms with E-state index in [0.717, 1.165) is 11.1 Å². The number of rotatable bonds is 4. The monoisotopic (exact) mass is 414 g/mol. The number of aliphatic hydroxyl groups is 1. The van der Waals surface area contributed by atoms with Crippen molar-refractivity contribution in [2.75, 3.05) is 0 Å². The van der Waals surface area contributed by atoms with E-state index in [1.54, 1.807) is 54.9 Å². The van der Waals surface area contributed by atoms with E-state index in [1.807, 2.05) is 18.2 Å². The van der Waals surface area contributed by atoms with Crippen molar-refractivity contribution in [1.82, 2.24) is 9.29 Å². The second kappa shape index (κ2) is 7.64. The highest BCUT2D eigenvalue weighted by Gasteiger charge is 2.43. The van der Waals surface area contributed by atoms with E-state index >= 15 is 0 Å². The molecule has 3 aromatic rings. The van der Waals surface area contributed by atoms with E-state index in [2.05, 4.69) is 4.98 Å². The number of hydrogen-bond acceptors (Lipinski definition) is 4. The van der Waals surface area contributed by atoms with Gasteiger partial charge >= 0.3 is 0 Å². The molecule has 144 valence electrons. The van der Waals surface area contributed by atoms with Crippen LogP contribution in [0.25, 0.3) is 0 Å². The predicted molar refractivity (Wildman–Crippen MR) is 107 cm³/mol. The van der Waals surface area contributed by atoms with E-state index in [-0.39, 0.29) is 11.4 Å². The van der Waals surface area contributed by atoms with Crippen LogP contribution in [-0.4, -0.2) is 28.9 Å². The number of sulfonamides is 1. The fourth-order valence-electron chi connectivity index (χ4n) is 3.58. The Morgan fingerprint density at radius 1 is 1.00 bits per heavy atom. The molecule has 0 amide bonds. The lowest BCUT2D eigenvalue weighted by molar-refractivity contribution is 0.0769. The molecule has 0 saturated carbocycles. The summed E-state index contributed by atoms with van der Waals surface area (Å²) < 4.78 is 28.1. The second-order valence-electron chi connectivity index (χ2n) is 6.79. The molecule has 4 rings (SSSR count). The molecule has 1 aromatic heterocycles. The Kier molecular flexibility index (Phi) is 5.21. The van der Waals surface area contributed by atoms with Crippen LogP contribution >= 0.6 is 11.6 Å². The van der Waals surface area contributed by atoms with Gasteiger partial charge in [-0.15, -0.1) is 0 Å². The quantitative estimate of drug-likeness (QED) is 0.708. The highest BCUT2D eigenvalue weighted by molar-refractivity contribution is 7.89. The van der Waals surface area contributed by atoms with Gasteiger partial charge in [0.05, 0.1) is 17.0 Å². The number of benzene rings is 2. The highest BCUT2D eigenvalue weighted by Crippen LogP contribution is 2.38. The van der Waals surface area contributed by atoms with Crippen molar-refractivity contribution in [3.8, 4) is 0 Å². The fraction of sp³-hybridized carbons (Fsp3) is 0.190. The fourth-order valence-corrected chi connectivity index (χ4v) is 5.56. The van der Waals surface area contributed by atoms with Crippen LogP contribution in [0.15, 0.2) is 78.0 Å². The third-order valence-corrected chi connectivity index (χ3v) is 7.17. The van der Waals surface area contributed by atoms with Gasteiger partial charge in [-0.3, -0.25) is 4.98 Å². The van der Waals surface area contributed by atoms with E-state index in [1.165, 1.54) is 4.31 Å². The molecule has 1 N–H and O–H groups in total. The molecule has 0 aliphatic carbocycles. The zero-order valence-corrected chi connectivity index (χ0v) is 16.5. The number of nitrogens with zero attached hydrogens (tertiary/aromatic N) is 2. The maximum absolute atomic E-state index is 13.4. The molecular formula is C21H19ClN2O3S. The van der Waals surface area contributed by atoms with Crippen LogP contribution in [0, 0.1) is 0 Å². The molecular weight excluding hydrogens is 396 g/mol. The van der Waals surface area contributed by atoms with Gasteiger partial charge in [-0.2, -0.15) is 4.31 Å². The summed E-state index contributed by atoms with van der Waals surface area (Å²) in [5, 5.41) is 11.7. The molecule has 2 unspecified atom stereocenters. The molecule has 1 aliphatic heterocycles.